The maximum atomic E-state index is 13.0. The number of hydrogen-bond acceptors (Lipinski definition) is 6. The third-order valence-corrected chi connectivity index (χ3v) is 5.00. The standard InChI is InChI=1S/C25H40N6O5/c1-5-21(32)26-12-9-16-30(19-14-28-23(34)7-3)18-11-25(36)31(20-15-29-24(35)8-4)17-10-13-27-22(33)6-2/h5-8H,1-4,9-20H2,(H,26,32)(H,27,33)(H,28,34)(H,29,35). The summed E-state index contributed by atoms with van der Waals surface area (Å²) in [6.07, 6.45) is 6.17. The van der Waals surface area contributed by atoms with E-state index >= 15 is 0 Å². The number of nitrogens with one attached hydrogen (secondary N) is 4. The van der Waals surface area contributed by atoms with E-state index in [4.69, 9.17) is 0 Å². The molecule has 0 saturated heterocycles. The predicted octanol–water partition coefficient (Wildman–Crippen LogP) is -0.504. The molecule has 0 atom stereocenters. The molecule has 0 unspecified atom stereocenters. The first-order valence-electron chi connectivity index (χ1n) is 11.9. The quantitative estimate of drug-likeness (QED) is 0.123. The van der Waals surface area contributed by atoms with Crippen LogP contribution in [0.25, 0.3) is 0 Å². The first-order chi connectivity index (χ1) is 17.3. The fourth-order valence-corrected chi connectivity index (χ4v) is 3.04. The lowest BCUT2D eigenvalue weighted by Crippen LogP contribution is -2.42. The van der Waals surface area contributed by atoms with Crippen LogP contribution < -0.4 is 21.3 Å². The molecule has 0 bridgehead atoms. The molecule has 11 heteroatoms. The van der Waals surface area contributed by atoms with Crippen LogP contribution in [0.5, 0.6) is 0 Å². The maximum Gasteiger partial charge on any atom is 0.243 e. The minimum atomic E-state index is -0.322. The van der Waals surface area contributed by atoms with Crippen LogP contribution in [0.15, 0.2) is 50.6 Å². The second-order valence-electron chi connectivity index (χ2n) is 7.66. The van der Waals surface area contributed by atoms with Gasteiger partial charge in [0.15, 0.2) is 0 Å². The van der Waals surface area contributed by atoms with Crippen LogP contribution in [-0.4, -0.2) is 98.2 Å². The zero-order valence-corrected chi connectivity index (χ0v) is 21.1. The number of carbonyl (C=O) groups is 5. The summed E-state index contributed by atoms with van der Waals surface area (Å²) in [6.45, 7) is 17.5. The van der Waals surface area contributed by atoms with Gasteiger partial charge in [0.05, 0.1) is 0 Å². The molecule has 0 aromatic rings. The lowest BCUT2D eigenvalue weighted by Gasteiger charge is -2.26. The molecule has 0 aliphatic heterocycles. The summed E-state index contributed by atoms with van der Waals surface area (Å²) in [4.78, 5) is 62.2. The van der Waals surface area contributed by atoms with Crippen LogP contribution in [0.1, 0.15) is 19.3 Å². The first kappa shape index (κ1) is 32.3. The van der Waals surface area contributed by atoms with E-state index < -0.39 is 0 Å². The van der Waals surface area contributed by atoms with Gasteiger partial charge in [0.2, 0.25) is 29.5 Å². The van der Waals surface area contributed by atoms with Crippen molar-refractivity contribution in [2.24, 2.45) is 0 Å². The summed E-state index contributed by atoms with van der Waals surface area (Å²) in [5, 5.41) is 10.8. The average molecular weight is 505 g/mol. The predicted molar refractivity (Wildman–Crippen MR) is 140 cm³/mol. The van der Waals surface area contributed by atoms with E-state index in [1.807, 2.05) is 4.90 Å². The zero-order chi connectivity index (χ0) is 27.2. The number of carbonyl (C=O) groups excluding carboxylic acids is 5. The second kappa shape index (κ2) is 20.6. The van der Waals surface area contributed by atoms with Gasteiger partial charge in [0.25, 0.3) is 0 Å². The van der Waals surface area contributed by atoms with Gasteiger partial charge in [-0.25, -0.2) is 0 Å². The largest absolute Gasteiger partial charge is 0.353 e. The van der Waals surface area contributed by atoms with Gasteiger partial charge in [0.1, 0.15) is 0 Å². The highest BCUT2D eigenvalue weighted by Gasteiger charge is 2.16. The minimum absolute atomic E-state index is 0.0991. The Hall–Kier alpha value is -3.73. The van der Waals surface area contributed by atoms with Crippen molar-refractivity contribution in [1.29, 1.82) is 0 Å². The molecule has 36 heavy (non-hydrogen) atoms. The first-order valence-corrected chi connectivity index (χ1v) is 11.9. The van der Waals surface area contributed by atoms with Gasteiger partial charge in [-0.1, -0.05) is 26.3 Å². The van der Waals surface area contributed by atoms with Crippen molar-refractivity contribution in [3.8, 4) is 0 Å². The molecule has 5 amide bonds. The summed E-state index contributed by atoms with van der Waals surface area (Å²) in [5.41, 5.74) is 0. The SMILES string of the molecule is C=CC(=O)NCCCN(CCNC(=O)C=C)CCC(=O)N(CCCNC(=O)C=C)CCNC(=O)C=C. The fraction of sp³-hybridized carbons (Fsp3) is 0.480. The second-order valence-corrected chi connectivity index (χ2v) is 7.66. The molecule has 0 aromatic heterocycles. The molecule has 0 heterocycles. The molecule has 4 N–H and O–H groups in total. The van der Waals surface area contributed by atoms with Crippen molar-refractivity contribution in [2.75, 3.05) is 58.9 Å². The van der Waals surface area contributed by atoms with Crippen LogP contribution >= 0.6 is 0 Å². The number of amides is 5. The van der Waals surface area contributed by atoms with Crippen molar-refractivity contribution in [2.45, 2.75) is 19.3 Å². The number of rotatable bonds is 21. The molecule has 0 spiro atoms. The molecule has 0 aliphatic carbocycles. The number of nitrogens with zero attached hydrogens (tertiary/aromatic N) is 2. The Balaban J connectivity index is 4.92. The highest BCUT2D eigenvalue weighted by molar-refractivity contribution is 5.87. The Morgan fingerprint density at radius 1 is 0.528 bits per heavy atom. The molecule has 0 radical (unpaired) electrons. The van der Waals surface area contributed by atoms with Gasteiger partial charge in [-0.05, 0) is 43.7 Å². The van der Waals surface area contributed by atoms with Crippen LogP contribution in [0.4, 0.5) is 0 Å². The van der Waals surface area contributed by atoms with Crippen molar-refractivity contribution in [1.82, 2.24) is 31.1 Å². The highest BCUT2D eigenvalue weighted by Crippen LogP contribution is 2.01. The average Bonchev–Trinajstić information content (AvgIpc) is 2.89. The van der Waals surface area contributed by atoms with E-state index in [1.54, 1.807) is 4.90 Å². The summed E-state index contributed by atoms with van der Waals surface area (Å²) < 4.78 is 0. The molecule has 0 rings (SSSR count). The third-order valence-electron chi connectivity index (χ3n) is 5.00. The van der Waals surface area contributed by atoms with Crippen molar-refractivity contribution in [3.05, 3.63) is 50.6 Å². The molecule has 200 valence electrons. The molecule has 0 fully saturated rings. The highest BCUT2D eigenvalue weighted by atomic mass is 16.2. The Labute approximate surface area is 213 Å². The molecule has 11 nitrogen and oxygen atoms in total. The topological polar surface area (TPSA) is 140 Å². The third kappa shape index (κ3) is 16.8. The summed E-state index contributed by atoms with van der Waals surface area (Å²) in [6, 6.07) is 0. The van der Waals surface area contributed by atoms with E-state index in [1.165, 1.54) is 18.2 Å². The molecule has 0 saturated carbocycles. The van der Waals surface area contributed by atoms with Crippen LogP contribution in [0.2, 0.25) is 0 Å². The molecular formula is C25H40N6O5. The normalized spacial score (nSPS) is 10.0. The Kier molecular flexibility index (Phi) is 18.5. The fourth-order valence-electron chi connectivity index (χ4n) is 3.04. The van der Waals surface area contributed by atoms with Crippen molar-refractivity contribution in [3.63, 3.8) is 0 Å². The zero-order valence-electron chi connectivity index (χ0n) is 21.1. The monoisotopic (exact) mass is 504 g/mol. The van der Waals surface area contributed by atoms with Crippen molar-refractivity contribution >= 4 is 29.5 Å². The smallest absolute Gasteiger partial charge is 0.243 e. The summed E-state index contributed by atoms with van der Waals surface area (Å²) >= 11 is 0. The van der Waals surface area contributed by atoms with E-state index in [2.05, 4.69) is 47.6 Å². The van der Waals surface area contributed by atoms with Crippen LogP contribution in [0.3, 0.4) is 0 Å². The van der Waals surface area contributed by atoms with E-state index in [0.29, 0.717) is 65.2 Å². The van der Waals surface area contributed by atoms with Gasteiger partial charge in [-0.2, -0.15) is 0 Å². The Morgan fingerprint density at radius 3 is 1.42 bits per heavy atom. The Morgan fingerprint density at radius 2 is 0.944 bits per heavy atom. The van der Waals surface area contributed by atoms with Crippen LogP contribution in [-0.2, 0) is 24.0 Å². The van der Waals surface area contributed by atoms with Crippen molar-refractivity contribution < 1.29 is 24.0 Å². The molecule has 0 aliphatic rings. The lowest BCUT2D eigenvalue weighted by molar-refractivity contribution is -0.132. The molecular weight excluding hydrogens is 464 g/mol. The molecule has 0 aromatic carbocycles. The summed E-state index contributed by atoms with van der Waals surface area (Å²) in [5.74, 6) is -1.23. The minimum Gasteiger partial charge on any atom is -0.353 e. The van der Waals surface area contributed by atoms with Gasteiger partial charge >= 0.3 is 0 Å². The van der Waals surface area contributed by atoms with Gasteiger partial charge < -0.3 is 31.1 Å². The summed E-state index contributed by atoms with van der Waals surface area (Å²) in [7, 11) is 0. The van der Waals surface area contributed by atoms with Gasteiger partial charge in [-0.15, -0.1) is 0 Å². The van der Waals surface area contributed by atoms with Gasteiger partial charge in [0, 0.05) is 58.8 Å². The van der Waals surface area contributed by atoms with E-state index in [9.17, 15) is 24.0 Å². The maximum absolute atomic E-state index is 13.0. The number of hydrogen-bond donors (Lipinski definition) is 4. The van der Waals surface area contributed by atoms with E-state index in [-0.39, 0.29) is 42.5 Å². The lowest BCUT2D eigenvalue weighted by atomic mass is 10.2. The van der Waals surface area contributed by atoms with Crippen LogP contribution in [0, 0.1) is 0 Å². The van der Waals surface area contributed by atoms with E-state index in [0.717, 1.165) is 6.08 Å². The van der Waals surface area contributed by atoms with Gasteiger partial charge in [-0.3, -0.25) is 24.0 Å². The Bertz CT molecular complexity index is 783.